The molecule has 0 amide bonds. The summed E-state index contributed by atoms with van der Waals surface area (Å²) in [4.78, 5) is 7.65. The molecule has 0 aliphatic heterocycles. The molecule has 0 saturated carbocycles. The standard InChI is InChI=1S/C15H15N3O2/c16-10(7-9-5-6-13(19)14(20)8-9)15-17-11-3-1-2-4-12(11)18-15/h1-6,8,10,19-20H,7,16H2,(H,17,18). The molecule has 2 aromatic carbocycles. The molecule has 0 saturated heterocycles. The fourth-order valence-electron chi connectivity index (χ4n) is 2.19. The summed E-state index contributed by atoms with van der Waals surface area (Å²) in [6, 6.07) is 12.1. The number of nitrogens with one attached hydrogen (secondary N) is 1. The zero-order valence-electron chi connectivity index (χ0n) is 10.7. The smallest absolute Gasteiger partial charge is 0.157 e. The van der Waals surface area contributed by atoms with Gasteiger partial charge in [-0.05, 0) is 36.2 Å². The molecule has 5 nitrogen and oxygen atoms in total. The first-order chi connectivity index (χ1) is 9.63. The maximum absolute atomic E-state index is 9.48. The van der Waals surface area contributed by atoms with E-state index in [-0.39, 0.29) is 17.5 Å². The van der Waals surface area contributed by atoms with E-state index in [1.807, 2.05) is 24.3 Å². The normalized spacial score (nSPS) is 12.7. The number of aromatic hydroxyl groups is 2. The lowest BCUT2D eigenvalue weighted by molar-refractivity contribution is 0.403. The van der Waals surface area contributed by atoms with Gasteiger partial charge in [-0.1, -0.05) is 18.2 Å². The maximum atomic E-state index is 9.48. The fourth-order valence-corrected chi connectivity index (χ4v) is 2.19. The monoisotopic (exact) mass is 269 g/mol. The van der Waals surface area contributed by atoms with Gasteiger partial charge in [0.2, 0.25) is 0 Å². The highest BCUT2D eigenvalue weighted by molar-refractivity contribution is 5.74. The third-order valence-corrected chi connectivity index (χ3v) is 3.25. The van der Waals surface area contributed by atoms with E-state index in [1.54, 1.807) is 6.07 Å². The number of aromatic amines is 1. The minimum atomic E-state index is -0.300. The number of hydrogen-bond donors (Lipinski definition) is 4. The second-order valence-corrected chi connectivity index (χ2v) is 4.77. The Balaban J connectivity index is 1.84. The molecule has 0 aliphatic rings. The molecular formula is C15H15N3O2. The van der Waals surface area contributed by atoms with Crippen LogP contribution in [0.25, 0.3) is 11.0 Å². The molecule has 0 aliphatic carbocycles. The Morgan fingerprint density at radius 2 is 1.90 bits per heavy atom. The minimum Gasteiger partial charge on any atom is -0.504 e. The number of phenolic OH excluding ortho intramolecular Hbond substituents is 2. The van der Waals surface area contributed by atoms with Crippen LogP contribution in [0, 0.1) is 0 Å². The number of para-hydroxylation sites is 2. The lowest BCUT2D eigenvalue weighted by Gasteiger charge is -2.09. The van der Waals surface area contributed by atoms with E-state index in [2.05, 4.69) is 9.97 Å². The Morgan fingerprint density at radius 3 is 2.65 bits per heavy atom. The first-order valence-corrected chi connectivity index (χ1v) is 6.34. The van der Waals surface area contributed by atoms with Crippen molar-refractivity contribution in [2.75, 3.05) is 0 Å². The number of H-pyrrole nitrogens is 1. The number of nitrogens with zero attached hydrogens (tertiary/aromatic N) is 1. The van der Waals surface area contributed by atoms with Gasteiger partial charge in [0.1, 0.15) is 5.82 Å². The highest BCUT2D eigenvalue weighted by atomic mass is 16.3. The summed E-state index contributed by atoms with van der Waals surface area (Å²) in [5, 5.41) is 18.8. The molecule has 1 unspecified atom stereocenters. The van der Waals surface area contributed by atoms with Crippen molar-refractivity contribution < 1.29 is 10.2 Å². The number of hydrogen-bond acceptors (Lipinski definition) is 4. The third-order valence-electron chi connectivity index (χ3n) is 3.25. The number of imidazole rings is 1. The van der Waals surface area contributed by atoms with Crippen molar-refractivity contribution in [3.63, 3.8) is 0 Å². The van der Waals surface area contributed by atoms with Crippen molar-refractivity contribution in [2.24, 2.45) is 5.73 Å². The second-order valence-electron chi connectivity index (χ2n) is 4.77. The summed E-state index contributed by atoms with van der Waals surface area (Å²) in [6.07, 6.45) is 0.521. The largest absolute Gasteiger partial charge is 0.504 e. The topological polar surface area (TPSA) is 95.2 Å². The Hall–Kier alpha value is -2.53. The van der Waals surface area contributed by atoms with Crippen LogP contribution in [0.15, 0.2) is 42.5 Å². The summed E-state index contributed by atoms with van der Waals surface area (Å²) >= 11 is 0. The molecule has 0 bridgehead atoms. The molecule has 3 aromatic rings. The SMILES string of the molecule is NC(Cc1ccc(O)c(O)c1)c1nc2ccccc2[nH]1. The van der Waals surface area contributed by atoms with Gasteiger partial charge in [-0.25, -0.2) is 4.98 Å². The average Bonchev–Trinajstić information content (AvgIpc) is 2.87. The molecule has 102 valence electrons. The summed E-state index contributed by atoms with van der Waals surface area (Å²) in [7, 11) is 0. The van der Waals surface area contributed by atoms with Crippen molar-refractivity contribution in [1.29, 1.82) is 0 Å². The molecule has 20 heavy (non-hydrogen) atoms. The summed E-state index contributed by atoms with van der Waals surface area (Å²) in [6.45, 7) is 0. The second kappa shape index (κ2) is 4.86. The van der Waals surface area contributed by atoms with Crippen molar-refractivity contribution in [2.45, 2.75) is 12.5 Å². The van der Waals surface area contributed by atoms with Gasteiger partial charge >= 0.3 is 0 Å². The number of fused-ring (bicyclic) bond motifs is 1. The first kappa shape index (κ1) is 12.5. The first-order valence-electron chi connectivity index (χ1n) is 6.34. The summed E-state index contributed by atoms with van der Waals surface area (Å²) in [5.41, 5.74) is 8.81. The molecule has 3 rings (SSSR count). The highest BCUT2D eigenvalue weighted by Gasteiger charge is 2.13. The van der Waals surface area contributed by atoms with E-state index in [0.717, 1.165) is 16.6 Å². The van der Waals surface area contributed by atoms with Crippen molar-refractivity contribution in [1.82, 2.24) is 9.97 Å². The lowest BCUT2D eigenvalue weighted by atomic mass is 10.1. The van der Waals surface area contributed by atoms with Crippen molar-refractivity contribution >= 4 is 11.0 Å². The fraction of sp³-hybridized carbons (Fsp3) is 0.133. The minimum absolute atomic E-state index is 0.133. The van der Waals surface area contributed by atoms with Gasteiger partial charge in [0, 0.05) is 0 Å². The van der Waals surface area contributed by atoms with E-state index in [9.17, 15) is 10.2 Å². The van der Waals surface area contributed by atoms with Gasteiger partial charge in [0.15, 0.2) is 11.5 Å². The molecule has 5 heteroatoms. The van der Waals surface area contributed by atoms with Gasteiger partial charge < -0.3 is 20.9 Å². The van der Waals surface area contributed by atoms with E-state index >= 15 is 0 Å². The molecule has 1 atom stereocenters. The van der Waals surface area contributed by atoms with Gasteiger partial charge in [0.05, 0.1) is 17.1 Å². The lowest BCUT2D eigenvalue weighted by Crippen LogP contribution is -2.14. The van der Waals surface area contributed by atoms with Crippen LogP contribution in [-0.2, 0) is 6.42 Å². The third kappa shape index (κ3) is 2.31. The van der Waals surface area contributed by atoms with Crippen LogP contribution >= 0.6 is 0 Å². The molecule has 1 aromatic heterocycles. The zero-order valence-corrected chi connectivity index (χ0v) is 10.7. The number of benzene rings is 2. The van der Waals surface area contributed by atoms with Crippen molar-refractivity contribution in [3.05, 3.63) is 53.9 Å². The van der Waals surface area contributed by atoms with Gasteiger partial charge in [-0.15, -0.1) is 0 Å². The van der Waals surface area contributed by atoms with E-state index < -0.39 is 0 Å². The molecule has 0 fully saturated rings. The van der Waals surface area contributed by atoms with E-state index in [1.165, 1.54) is 12.1 Å². The molecular weight excluding hydrogens is 254 g/mol. The number of rotatable bonds is 3. The summed E-state index contributed by atoms with van der Waals surface area (Å²) in [5.74, 6) is 0.434. The van der Waals surface area contributed by atoms with Crippen LogP contribution in [-0.4, -0.2) is 20.2 Å². The van der Waals surface area contributed by atoms with Crippen LogP contribution in [0.1, 0.15) is 17.4 Å². The average molecular weight is 269 g/mol. The van der Waals surface area contributed by atoms with E-state index in [0.29, 0.717) is 12.2 Å². The maximum Gasteiger partial charge on any atom is 0.157 e. The van der Waals surface area contributed by atoms with Crippen LogP contribution in [0.2, 0.25) is 0 Å². The van der Waals surface area contributed by atoms with E-state index in [4.69, 9.17) is 5.73 Å². The van der Waals surface area contributed by atoms with Crippen LogP contribution in [0.4, 0.5) is 0 Å². The predicted octanol–water partition coefficient (Wildman–Crippen LogP) is 2.22. The predicted molar refractivity (Wildman–Crippen MR) is 76.5 cm³/mol. The molecule has 5 N–H and O–H groups in total. The molecule has 0 spiro atoms. The van der Waals surface area contributed by atoms with Gasteiger partial charge in [0.25, 0.3) is 0 Å². The van der Waals surface area contributed by atoms with Gasteiger partial charge in [-0.3, -0.25) is 0 Å². The quantitative estimate of drug-likeness (QED) is 0.548. The highest BCUT2D eigenvalue weighted by Crippen LogP contribution is 2.26. The molecule has 1 heterocycles. The number of aromatic nitrogens is 2. The Kier molecular flexibility index (Phi) is 3.04. The zero-order chi connectivity index (χ0) is 14.1. The number of nitrogens with two attached hydrogens (primary N) is 1. The number of phenols is 2. The van der Waals surface area contributed by atoms with Crippen LogP contribution in [0.5, 0.6) is 11.5 Å². The Labute approximate surface area is 115 Å². The van der Waals surface area contributed by atoms with Gasteiger partial charge in [-0.2, -0.15) is 0 Å². The Morgan fingerprint density at radius 1 is 1.10 bits per heavy atom. The van der Waals surface area contributed by atoms with Crippen LogP contribution in [0.3, 0.4) is 0 Å². The van der Waals surface area contributed by atoms with Crippen LogP contribution < -0.4 is 5.73 Å². The van der Waals surface area contributed by atoms with Crippen molar-refractivity contribution in [3.8, 4) is 11.5 Å². The molecule has 0 radical (unpaired) electrons. The summed E-state index contributed by atoms with van der Waals surface area (Å²) < 4.78 is 0. The Bertz CT molecular complexity index is 719.